The predicted molar refractivity (Wildman–Crippen MR) is 60.8 cm³/mol. The molecule has 0 radical (unpaired) electrons. The zero-order valence-corrected chi connectivity index (χ0v) is 8.93. The van der Waals surface area contributed by atoms with Crippen LogP contribution in [0.4, 0.5) is 0 Å². The molecule has 0 aliphatic carbocycles. The molecule has 2 aromatic carbocycles. The largest absolute Gasteiger partial charge is 0.597 e. The van der Waals surface area contributed by atoms with Crippen molar-refractivity contribution in [3.8, 4) is 5.75 Å². The third-order valence-electron chi connectivity index (χ3n) is 1.90. The van der Waals surface area contributed by atoms with Crippen molar-refractivity contribution in [1.29, 1.82) is 0 Å². The molecule has 0 fully saturated rings. The third-order valence-corrected chi connectivity index (χ3v) is 2.99. The summed E-state index contributed by atoms with van der Waals surface area (Å²) in [7, 11) is -1.80. The summed E-state index contributed by atoms with van der Waals surface area (Å²) in [6.45, 7) is 0. The first-order chi connectivity index (χ1) is 7.36. The van der Waals surface area contributed by atoms with Crippen LogP contribution in [0.2, 0.25) is 0 Å². The van der Waals surface area contributed by atoms with E-state index in [-0.39, 0.29) is 0 Å². The minimum Gasteiger partial charge on any atom is -0.250 e. The van der Waals surface area contributed by atoms with Crippen LogP contribution in [0.25, 0.3) is 0 Å². The highest BCUT2D eigenvalue weighted by molar-refractivity contribution is 7.48. The molecule has 15 heavy (non-hydrogen) atoms. The SMILES string of the molecule is O=[P+](Oc1ccccc1)c1ccccc1. The van der Waals surface area contributed by atoms with E-state index in [0.717, 1.165) is 0 Å². The van der Waals surface area contributed by atoms with Gasteiger partial charge in [0.05, 0.1) is 0 Å². The molecule has 3 heteroatoms. The van der Waals surface area contributed by atoms with Gasteiger partial charge in [0.15, 0.2) is 5.75 Å². The van der Waals surface area contributed by atoms with Crippen molar-refractivity contribution in [2.24, 2.45) is 0 Å². The first kappa shape index (κ1) is 9.88. The molecule has 0 spiro atoms. The molecule has 0 heterocycles. The van der Waals surface area contributed by atoms with Crippen LogP contribution in [0, 0.1) is 0 Å². The average Bonchev–Trinajstić information content (AvgIpc) is 2.31. The predicted octanol–water partition coefficient (Wildman–Crippen LogP) is 3.13. The van der Waals surface area contributed by atoms with Crippen LogP contribution >= 0.6 is 8.03 Å². The van der Waals surface area contributed by atoms with Crippen LogP contribution in [0.1, 0.15) is 0 Å². The van der Waals surface area contributed by atoms with Gasteiger partial charge in [0.2, 0.25) is 5.30 Å². The standard InChI is InChI=1S/C12H10O2P/c13-15(12-9-5-2-6-10-12)14-11-7-3-1-4-8-11/h1-10H/q+1. The molecule has 0 amide bonds. The van der Waals surface area contributed by atoms with Crippen LogP contribution < -0.4 is 9.83 Å². The number of rotatable bonds is 3. The molecule has 2 nitrogen and oxygen atoms in total. The summed E-state index contributed by atoms with van der Waals surface area (Å²) < 4.78 is 17.0. The maximum Gasteiger partial charge on any atom is 0.597 e. The minimum absolute atomic E-state index is 0.627. The highest BCUT2D eigenvalue weighted by Gasteiger charge is 2.22. The Hall–Kier alpha value is -1.66. The fourth-order valence-corrected chi connectivity index (χ4v) is 2.01. The smallest absolute Gasteiger partial charge is 0.250 e. The van der Waals surface area contributed by atoms with Gasteiger partial charge in [0.1, 0.15) is 0 Å². The maximum absolute atomic E-state index is 11.7. The van der Waals surface area contributed by atoms with E-state index in [1.807, 2.05) is 36.4 Å². The molecule has 0 aliphatic rings. The second-order valence-electron chi connectivity index (χ2n) is 3.00. The molecule has 1 atom stereocenters. The Balaban J connectivity index is 2.12. The molecule has 74 valence electrons. The fraction of sp³-hybridized carbons (Fsp3) is 0. The summed E-state index contributed by atoms with van der Waals surface area (Å²) in [5, 5.41) is 0.705. The van der Waals surface area contributed by atoms with E-state index >= 15 is 0 Å². The lowest BCUT2D eigenvalue weighted by Crippen LogP contribution is -1.98. The molecule has 2 rings (SSSR count). The number of hydrogen-bond acceptors (Lipinski definition) is 2. The van der Waals surface area contributed by atoms with Crippen molar-refractivity contribution in [2.75, 3.05) is 0 Å². The van der Waals surface area contributed by atoms with Gasteiger partial charge in [-0.1, -0.05) is 36.4 Å². The second kappa shape index (κ2) is 4.72. The lowest BCUT2D eigenvalue weighted by molar-refractivity contribution is 0.514. The molecular formula is C12H10O2P+. The van der Waals surface area contributed by atoms with Crippen molar-refractivity contribution in [3.63, 3.8) is 0 Å². The Morgan fingerprint density at radius 3 is 1.93 bits per heavy atom. The summed E-state index contributed by atoms with van der Waals surface area (Å²) in [4.78, 5) is 0. The first-order valence-corrected chi connectivity index (χ1v) is 5.79. The molecule has 0 saturated carbocycles. The van der Waals surface area contributed by atoms with E-state index in [9.17, 15) is 4.57 Å². The van der Waals surface area contributed by atoms with Crippen LogP contribution in [0.15, 0.2) is 60.7 Å². The van der Waals surface area contributed by atoms with Crippen molar-refractivity contribution in [3.05, 3.63) is 60.7 Å². The quantitative estimate of drug-likeness (QED) is 0.738. The first-order valence-electron chi connectivity index (χ1n) is 4.61. The van der Waals surface area contributed by atoms with Gasteiger partial charge in [-0.05, 0) is 28.8 Å². The van der Waals surface area contributed by atoms with E-state index in [4.69, 9.17) is 4.52 Å². The van der Waals surface area contributed by atoms with Crippen LogP contribution in [-0.2, 0) is 4.57 Å². The van der Waals surface area contributed by atoms with Crippen LogP contribution in [0.3, 0.4) is 0 Å². The highest BCUT2D eigenvalue weighted by atomic mass is 31.1. The van der Waals surface area contributed by atoms with Gasteiger partial charge in [0.25, 0.3) is 0 Å². The molecule has 1 unspecified atom stereocenters. The topological polar surface area (TPSA) is 26.3 Å². The van der Waals surface area contributed by atoms with Gasteiger partial charge in [-0.3, -0.25) is 4.52 Å². The lowest BCUT2D eigenvalue weighted by atomic mass is 10.3. The summed E-state index contributed by atoms with van der Waals surface area (Å²) in [5.41, 5.74) is 0. The van der Waals surface area contributed by atoms with Crippen molar-refractivity contribution >= 4 is 13.3 Å². The second-order valence-corrected chi connectivity index (χ2v) is 4.21. The van der Waals surface area contributed by atoms with Gasteiger partial charge in [0, 0.05) is 0 Å². The lowest BCUT2D eigenvalue weighted by Gasteiger charge is -1.91. The van der Waals surface area contributed by atoms with E-state index in [2.05, 4.69) is 0 Å². The summed E-state index contributed by atoms with van der Waals surface area (Å²) in [6, 6.07) is 18.3. The van der Waals surface area contributed by atoms with Crippen molar-refractivity contribution in [2.45, 2.75) is 0 Å². The van der Waals surface area contributed by atoms with Crippen LogP contribution in [-0.4, -0.2) is 0 Å². The van der Waals surface area contributed by atoms with Gasteiger partial charge in [-0.15, -0.1) is 0 Å². The fourth-order valence-electron chi connectivity index (χ4n) is 1.18. The zero-order chi connectivity index (χ0) is 10.5. The molecular weight excluding hydrogens is 207 g/mol. The Labute approximate surface area is 89.4 Å². The van der Waals surface area contributed by atoms with E-state index in [1.54, 1.807) is 24.3 Å². The normalized spacial score (nSPS) is 10.8. The molecule has 0 bridgehead atoms. The number of hydrogen-bond donors (Lipinski definition) is 0. The van der Waals surface area contributed by atoms with E-state index in [0.29, 0.717) is 11.1 Å². The third kappa shape index (κ3) is 2.64. The molecule has 0 N–H and O–H groups in total. The Morgan fingerprint density at radius 1 is 0.800 bits per heavy atom. The summed E-state index contributed by atoms with van der Waals surface area (Å²) in [6.07, 6.45) is 0. The van der Waals surface area contributed by atoms with E-state index in [1.165, 1.54) is 0 Å². The van der Waals surface area contributed by atoms with Gasteiger partial charge in [-0.2, -0.15) is 0 Å². The number of benzene rings is 2. The zero-order valence-electron chi connectivity index (χ0n) is 8.04. The molecule has 2 aromatic rings. The van der Waals surface area contributed by atoms with E-state index < -0.39 is 8.03 Å². The van der Waals surface area contributed by atoms with Gasteiger partial charge >= 0.3 is 8.03 Å². The molecule has 0 aromatic heterocycles. The highest BCUT2D eigenvalue weighted by Crippen LogP contribution is 2.25. The number of para-hydroxylation sites is 1. The Bertz CT molecular complexity index is 440. The summed E-state index contributed by atoms with van der Waals surface area (Å²) in [5.74, 6) is 0.627. The maximum atomic E-state index is 11.7. The van der Waals surface area contributed by atoms with Gasteiger partial charge in [-0.25, -0.2) is 0 Å². The summed E-state index contributed by atoms with van der Waals surface area (Å²) >= 11 is 0. The molecule has 0 saturated heterocycles. The Kier molecular flexibility index (Phi) is 3.11. The van der Waals surface area contributed by atoms with Crippen LogP contribution in [0.5, 0.6) is 5.75 Å². The van der Waals surface area contributed by atoms with Crippen molar-refractivity contribution in [1.82, 2.24) is 0 Å². The minimum atomic E-state index is -1.80. The molecule has 0 aliphatic heterocycles. The van der Waals surface area contributed by atoms with Crippen molar-refractivity contribution < 1.29 is 9.09 Å². The monoisotopic (exact) mass is 217 g/mol. The Morgan fingerprint density at radius 2 is 1.33 bits per heavy atom. The average molecular weight is 217 g/mol. The van der Waals surface area contributed by atoms with Gasteiger partial charge < -0.3 is 0 Å².